The van der Waals surface area contributed by atoms with Crippen LogP contribution in [-0.4, -0.2) is 47.9 Å². The Hall–Kier alpha value is -3.26. The van der Waals surface area contributed by atoms with Crippen LogP contribution in [0.25, 0.3) is 0 Å². The second kappa shape index (κ2) is 9.70. The summed E-state index contributed by atoms with van der Waals surface area (Å²) in [5.41, 5.74) is 2.38. The summed E-state index contributed by atoms with van der Waals surface area (Å²) in [6, 6.07) is 13.0. The van der Waals surface area contributed by atoms with Crippen LogP contribution in [0.15, 0.2) is 48.7 Å². The third-order valence-corrected chi connectivity index (χ3v) is 5.66. The lowest BCUT2D eigenvalue weighted by Gasteiger charge is -2.33. The van der Waals surface area contributed by atoms with Gasteiger partial charge in [0, 0.05) is 19.5 Å². The van der Waals surface area contributed by atoms with E-state index in [1.807, 2.05) is 24.3 Å². The number of ether oxygens (including phenoxy) is 1. The average molecular weight is 422 g/mol. The molecule has 0 spiro atoms. The standard InChI is InChI=1S/C23H26N4O4/c28-21-9-8-20(23(30)26-21)25-22(29)19-7-6-17(14-24-19)27-12-10-18(11-13-27)31-15-16-4-2-1-3-5-16/h1-7,14,18,20H,8-13,15H2,(H,25,29)(H,26,28,30). The second-order valence-corrected chi connectivity index (χ2v) is 7.86. The van der Waals surface area contributed by atoms with Crippen molar-refractivity contribution in [1.29, 1.82) is 0 Å². The molecule has 1 aromatic carbocycles. The summed E-state index contributed by atoms with van der Waals surface area (Å²) in [5.74, 6) is -1.21. The number of pyridine rings is 1. The molecule has 4 rings (SSSR count). The van der Waals surface area contributed by atoms with E-state index in [0.29, 0.717) is 13.0 Å². The van der Waals surface area contributed by atoms with Crippen LogP contribution in [0.1, 0.15) is 41.7 Å². The number of hydrogen-bond donors (Lipinski definition) is 2. The van der Waals surface area contributed by atoms with Crippen LogP contribution in [0.3, 0.4) is 0 Å². The van der Waals surface area contributed by atoms with Gasteiger partial charge in [0.2, 0.25) is 11.8 Å². The van der Waals surface area contributed by atoms with Gasteiger partial charge in [-0.2, -0.15) is 0 Å². The highest BCUT2D eigenvalue weighted by atomic mass is 16.5. The Labute approximate surface area is 181 Å². The van der Waals surface area contributed by atoms with Crippen LogP contribution in [0, 0.1) is 0 Å². The molecule has 2 aliphatic rings. The fraction of sp³-hybridized carbons (Fsp3) is 0.391. The van der Waals surface area contributed by atoms with Crippen molar-refractivity contribution in [2.75, 3.05) is 18.0 Å². The molecule has 0 bridgehead atoms. The number of aromatic nitrogens is 1. The lowest BCUT2D eigenvalue weighted by atomic mass is 10.1. The molecule has 1 unspecified atom stereocenters. The Morgan fingerprint density at radius 2 is 1.87 bits per heavy atom. The summed E-state index contributed by atoms with van der Waals surface area (Å²) >= 11 is 0. The summed E-state index contributed by atoms with van der Waals surface area (Å²) in [4.78, 5) is 41.9. The summed E-state index contributed by atoms with van der Waals surface area (Å²) in [7, 11) is 0. The zero-order valence-corrected chi connectivity index (χ0v) is 17.3. The van der Waals surface area contributed by atoms with Crippen LogP contribution in [0.5, 0.6) is 0 Å². The third kappa shape index (κ3) is 5.46. The number of rotatable bonds is 6. The van der Waals surface area contributed by atoms with Gasteiger partial charge in [0.15, 0.2) is 0 Å². The average Bonchev–Trinajstić information content (AvgIpc) is 2.81. The van der Waals surface area contributed by atoms with Crippen molar-refractivity contribution >= 4 is 23.4 Å². The van der Waals surface area contributed by atoms with Gasteiger partial charge in [0.1, 0.15) is 11.7 Å². The van der Waals surface area contributed by atoms with E-state index in [1.54, 1.807) is 12.3 Å². The Balaban J connectivity index is 1.25. The molecule has 2 fully saturated rings. The van der Waals surface area contributed by atoms with Crippen molar-refractivity contribution in [2.45, 2.75) is 44.4 Å². The van der Waals surface area contributed by atoms with E-state index < -0.39 is 17.9 Å². The number of anilines is 1. The first-order valence-corrected chi connectivity index (χ1v) is 10.6. The van der Waals surface area contributed by atoms with E-state index in [1.165, 1.54) is 5.56 Å². The number of nitrogens with zero attached hydrogens (tertiary/aromatic N) is 2. The molecule has 3 amide bonds. The minimum Gasteiger partial charge on any atom is -0.373 e. The highest BCUT2D eigenvalue weighted by molar-refractivity contribution is 6.03. The monoisotopic (exact) mass is 422 g/mol. The SMILES string of the molecule is O=C1CCC(NC(=O)c2ccc(N3CCC(OCc4ccccc4)CC3)cn2)C(=O)N1. The molecule has 1 aromatic heterocycles. The Kier molecular flexibility index (Phi) is 6.57. The highest BCUT2D eigenvalue weighted by Gasteiger charge is 2.28. The molecule has 162 valence electrons. The first-order valence-electron chi connectivity index (χ1n) is 10.6. The van der Waals surface area contributed by atoms with Gasteiger partial charge >= 0.3 is 0 Å². The van der Waals surface area contributed by atoms with Crippen molar-refractivity contribution in [2.24, 2.45) is 0 Å². The molecule has 2 saturated heterocycles. The van der Waals surface area contributed by atoms with E-state index >= 15 is 0 Å². The van der Waals surface area contributed by atoms with Crippen molar-refractivity contribution in [3.05, 3.63) is 59.9 Å². The molecule has 0 radical (unpaired) electrons. The van der Waals surface area contributed by atoms with Gasteiger partial charge in [-0.15, -0.1) is 0 Å². The summed E-state index contributed by atoms with van der Waals surface area (Å²) in [6.07, 6.45) is 4.31. The van der Waals surface area contributed by atoms with Gasteiger partial charge < -0.3 is 15.0 Å². The van der Waals surface area contributed by atoms with Crippen LogP contribution in [-0.2, 0) is 20.9 Å². The Bertz CT molecular complexity index is 924. The van der Waals surface area contributed by atoms with Gasteiger partial charge in [-0.3, -0.25) is 19.7 Å². The number of benzene rings is 1. The summed E-state index contributed by atoms with van der Waals surface area (Å²) < 4.78 is 6.04. The fourth-order valence-electron chi connectivity index (χ4n) is 3.84. The normalized spacial score (nSPS) is 19.7. The van der Waals surface area contributed by atoms with E-state index in [2.05, 4.69) is 32.7 Å². The molecular weight excluding hydrogens is 396 g/mol. The van der Waals surface area contributed by atoms with Gasteiger partial charge in [0.25, 0.3) is 5.91 Å². The maximum atomic E-state index is 12.4. The van der Waals surface area contributed by atoms with Crippen molar-refractivity contribution in [3.63, 3.8) is 0 Å². The Morgan fingerprint density at radius 3 is 2.55 bits per heavy atom. The molecule has 2 aromatic rings. The molecule has 0 saturated carbocycles. The zero-order valence-electron chi connectivity index (χ0n) is 17.3. The number of piperidine rings is 2. The third-order valence-electron chi connectivity index (χ3n) is 5.66. The van der Waals surface area contributed by atoms with E-state index in [4.69, 9.17) is 4.74 Å². The second-order valence-electron chi connectivity index (χ2n) is 7.86. The zero-order chi connectivity index (χ0) is 21.6. The topological polar surface area (TPSA) is 101 Å². The molecule has 2 aliphatic heterocycles. The number of imide groups is 1. The summed E-state index contributed by atoms with van der Waals surface area (Å²) in [5, 5.41) is 4.87. The van der Waals surface area contributed by atoms with Crippen molar-refractivity contribution in [3.8, 4) is 0 Å². The number of hydrogen-bond acceptors (Lipinski definition) is 6. The van der Waals surface area contributed by atoms with Gasteiger partial charge in [0.05, 0.1) is 24.6 Å². The predicted molar refractivity (Wildman–Crippen MR) is 114 cm³/mol. The maximum Gasteiger partial charge on any atom is 0.270 e. The molecule has 8 nitrogen and oxygen atoms in total. The van der Waals surface area contributed by atoms with Gasteiger partial charge in [-0.05, 0) is 37.0 Å². The molecular formula is C23H26N4O4. The van der Waals surface area contributed by atoms with E-state index in [9.17, 15) is 14.4 Å². The molecule has 31 heavy (non-hydrogen) atoms. The van der Waals surface area contributed by atoms with E-state index in [-0.39, 0.29) is 24.1 Å². The number of carbonyl (C=O) groups is 3. The van der Waals surface area contributed by atoms with Crippen LogP contribution < -0.4 is 15.5 Å². The fourth-order valence-corrected chi connectivity index (χ4v) is 3.84. The molecule has 1 atom stereocenters. The lowest BCUT2D eigenvalue weighted by Crippen LogP contribution is -2.52. The predicted octanol–water partition coefficient (Wildman–Crippen LogP) is 1.80. The van der Waals surface area contributed by atoms with Crippen LogP contribution >= 0.6 is 0 Å². The summed E-state index contributed by atoms with van der Waals surface area (Å²) in [6.45, 7) is 2.36. The highest BCUT2D eigenvalue weighted by Crippen LogP contribution is 2.22. The maximum absolute atomic E-state index is 12.4. The largest absolute Gasteiger partial charge is 0.373 e. The Morgan fingerprint density at radius 1 is 1.10 bits per heavy atom. The first-order chi connectivity index (χ1) is 15.1. The van der Waals surface area contributed by atoms with Crippen molar-refractivity contribution < 1.29 is 19.1 Å². The van der Waals surface area contributed by atoms with Crippen molar-refractivity contribution in [1.82, 2.24) is 15.6 Å². The van der Waals surface area contributed by atoms with Gasteiger partial charge in [-0.1, -0.05) is 30.3 Å². The number of amides is 3. The molecule has 2 N–H and O–H groups in total. The van der Waals surface area contributed by atoms with Crippen LogP contribution in [0.2, 0.25) is 0 Å². The van der Waals surface area contributed by atoms with Crippen LogP contribution in [0.4, 0.5) is 5.69 Å². The number of nitrogens with one attached hydrogen (secondary N) is 2. The minimum absolute atomic E-state index is 0.216. The van der Waals surface area contributed by atoms with Gasteiger partial charge in [-0.25, -0.2) is 4.98 Å². The minimum atomic E-state index is -0.707. The molecule has 8 heteroatoms. The van der Waals surface area contributed by atoms with E-state index in [0.717, 1.165) is 31.6 Å². The molecule has 3 heterocycles. The molecule has 0 aliphatic carbocycles. The lowest BCUT2D eigenvalue weighted by molar-refractivity contribution is -0.134. The first kappa shape index (κ1) is 21.0. The quantitative estimate of drug-likeness (QED) is 0.689. The number of carbonyl (C=O) groups excluding carboxylic acids is 3. The smallest absolute Gasteiger partial charge is 0.270 e.